The van der Waals surface area contributed by atoms with E-state index in [-0.39, 0.29) is 5.60 Å². The van der Waals surface area contributed by atoms with Gasteiger partial charge in [-0.05, 0) is 44.7 Å². The Morgan fingerprint density at radius 1 is 1.29 bits per heavy atom. The van der Waals surface area contributed by atoms with Crippen LogP contribution in [0.25, 0.3) is 5.65 Å². The first-order chi connectivity index (χ1) is 10.2. The van der Waals surface area contributed by atoms with Crippen molar-refractivity contribution in [1.29, 1.82) is 0 Å². The zero-order valence-electron chi connectivity index (χ0n) is 12.4. The molecule has 21 heavy (non-hydrogen) atoms. The molecule has 1 N–H and O–H groups in total. The second kappa shape index (κ2) is 4.94. The molecule has 2 fully saturated rings. The molecule has 0 bridgehead atoms. The van der Waals surface area contributed by atoms with Crippen LogP contribution >= 0.6 is 0 Å². The second-order valence-corrected chi connectivity index (χ2v) is 6.30. The summed E-state index contributed by atoms with van der Waals surface area (Å²) < 4.78 is 7.68. The highest BCUT2D eigenvalue weighted by Gasteiger charge is 2.39. The average Bonchev–Trinajstić information content (AvgIpc) is 3.04. The third-order valence-corrected chi connectivity index (χ3v) is 4.67. The minimum Gasteiger partial charge on any atom is -0.375 e. The van der Waals surface area contributed by atoms with Gasteiger partial charge in [-0.3, -0.25) is 0 Å². The van der Waals surface area contributed by atoms with Gasteiger partial charge in [0.2, 0.25) is 0 Å². The summed E-state index contributed by atoms with van der Waals surface area (Å²) in [5, 5.41) is 12.3. The number of fused-ring (bicyclic) bond motifs is 1. The van der Waals surface area contributed by atoms with Crippen LogP contribution < -0.4 is 5.32 Å². The summed E-state index contributed by atoms with van der Waals surface area (Å²) in [5.74, 6) is 1.61. The van der Waals surface area contributed by atoms with Gasteiger partial charge in [-0.1, -0.05) is 12.8 Å². The van der Waals surface area contributed by atoms with Gasteiger partial charge < -0.3 is 10.1 Å². The first-order valence-corrected chi connectivity index (χ1v) is 7.84. The molecule has 1 spiro atoms. The molecule has 1 atom stereocenters. The van der Waals surface area contributed by atoms with Crippen LogP contribution in [-0.2, 0) is 4.74 Å². The van der Waals surface area contributed by atoms with Crippen molar-refractivity contribution in [2.24, 2.45) is 0 Å². The number of anilines is 1. The molecule has 3 heterocycles. The lowest BCUT2D eigenvalue weighted by atomic mass is 9.89. The van der Waals surface area contributed by atoms with E-state index < -0.39 is 0 Å². The topological polar surface area (TPSA) is 64.3 Å². The lowest BCUT2D eigenvalue weighted by Crippen LogP contribution is -2.42. The molecule has 4 rings (SSSR count). The number of nitrogens with one attached hydrogen (secondary N) is 1. The Morgan fingerprint density at radius 3 is 3.00 bits per heavy atom. The molecule has 2 aromatic heterocycles. The van der Waals surface area contributed by atoms with Gasteiger partial charge in [0.1, 0.15) is 11.6 Å². The first kappa shape index (κ1) is 13.0. The lowest BCUT2D eigenvalue weighted by molar-refractivity contribution is -0.0767. The number of aromatic nitrogens is 4. The summed E-state index contributed by atoms with van der Waals surface area (Å²) in [7, 11) is 0. The van der Waals surface area contributed by atoms with Crippen molar-refractivity contribution in [1.82, 2.24) is 19.8 Å². The molecule has 6 nitrogen and oxygen atoms in total. The molecule has 2 aromatic rings. The highest BCUT2D eigenvalue weighted by atomic mass is 16.5. The third kappa shape index (κ3) is 2.48. The van der Waals surface area contributed by atoms with Crippen molar-refractivity contribution in [3.05, 3.63) is 18.0 Å². The summed E-state index contributed by atoms with van der Waals surface area (Å²) in [6.45, 7) is 2.73. The van der Waals surface area contributed by atoms with Crippen LogP contribution in [0.1, 0.15) is 44.3 Å². The zero-order valence-corrected chi connectivity index (χ0v) is 12.4. The fourth-order valence-corrected chi connectivity index (χ4v) is 3.69. The van der Waals surface area contributed by atoms with Gasteiger partial charge in [0, 0.05) is 12.6 Å². The summed E-state index contributed by atoms with van der Waals surface area (Å²) >= 11 is 0. The predicted molar refractivity (Wildman–Crippen MR) is 79.3 cm³/mol. The maximum atomic E-state index is 6.08. The van der Waals surface area contributed by atoms with E-state index in [2.05, 4.69) is 20.5 Å². The largest absolute Gasteiger partial charge is 0.375 e. The molecule has 1 unspecified atom stereocenters. The van der Waals surface area contributed by atoms with Crippen LogP contribution in [-0.4, -0.2) is 38.1 Å². The smallest absolute Gasteiger partial charge is 0.176 e. The molecular formula is C15H21N5O. The molecule has 2 aliphatic rings. The van der Waals surface area contributed by atoms with Crippen LogP contribution in [0.4, 0.5) is 5.82 Å². The second-order valence-electron chi connectivity index (χ2n) is 6.30. The summed E-state index contributed by atoms with van der Waals surface area (Å²) in [6, 6.07) is 4.38. The summed E-state index contributed by atoms with van der Waals surface area (Å²) in [6.07, 6.45) is 7.14. The molecule has 0 aromatic carbocycles. The van der Waals surface area contributed by atoms with Crippen molar-refractivity contribution in [2.45, 2.75) is 57.1 Å². The Labute approximate surface area is 123 Å². The highest BCUT2D eigenvalue weighted by molar-refractivity contribution is 5.44. The van der Waals surface area contributed by atoms with Gasteiger partial charge >= 0.3 is 0 Å². The molecular weight excluding hydrogens is 266 g/mol. The fraction of sp³-hybridized carbons (Fsp3) is 0.667. The SMILES string of the molecule is Cc1nc2ccc(NC3CCOC4(CCCC4)C3)nn2n1. The molecule has 0 radical (unpaired) electrons. The summed E-state index contributed by atoms with van der Waals surface area (Å²) in [4.78, 5) is 4.30. The molecule has 0 amide bonds. The monoisotopic (exact) mass is 287 g/mol. The van der Waals surface area contributed by atoms with Gasteiger partial charge in [0.15, 0.2) is 5.65 Å². The minimum absolute atomic E-state index is 0.129. The first-order valence-electron chi connectivity index (χ1n) is 7.84. The van der Waals surface area contributed by atoms with Crippen LogP contribution in [0, 0.1) is 6.92 Å². The van der Waals surface area contributed by atoms with E-state index in [4.69, 9.17) is 4.74 Å². The van der Waals surface area contributed by atoms with Crippen molar-refractivity contribution < 1.29 is 4.74 Å². The molecule has 112 valence electrons. The van der Waals surface area contributed by atoms with Crippen LogP contribution in [0.3, 0.4) is 0 Å². The van der Waals surface area contributed by atoms with E-state index in [1.807, 2.05) is 19.1 Å². The van der Waals surface area contributed by atoms with Crippen LogP contribution in [0.5, 0.6) is 0 Å². The Hall–Kier alpha value is -1.69. The van der Waals surface area contributed by atoms with Gasteiger partial charge in [-0.2, -0.15) is 0 Å². The maximum Gasteiger partial charge on any atom is 0.176 e. The van der Waals surface area contributed by atoms with E-state index >= 15 is 0 Å². The van der Waals surface area contributed by atoms with Gasteiger partial charge in [0.25, 0.3) is 0 Å². The highest BCUT2D eigenvalue weighted by Crippen LogP contribution is 2.40. The van der Waals surface area contributed by atoms with Crippen molar-refractivity contribution >= 4 is 11.5 Å². The maximum absolute atomic E-state index is 6.08. The standard InChI is InChI=1S/C15H21N5O/c1-11-16-14-5-4-13(19-20(14)18-11)17-12-6-9-21-15(10-12)7-2-3-8-15/h4-5,12H,2-3,6-10H2,1H3,(H,17,19). The number of rotatable bonds is 2. The normalized spacial score (nSPS) is 24.7. The lowest BCUT2D eigenvalue weighted by Gasteiger charge is -2.38. The Bertz CT molecular complexity index is 647. The van der Waals surface area contributed by atoms with E-state index in [0.29, 0.717) is 6.04 Å². The Balaban J connectivity index is 1.51. The van der Waals surface area contributed by atoms with Crippen molar-refractivity contribution in [2.75, 3.05) is 11.9 Å². The predicted octanol–water partition coefficient (Wildman–Crippen LogP) is 2.34. The molecule has 6 heteroatoms. The Kier molecular flexibility index (Phi) is 3.06. The molecule has 1 saturated carbocycles. The minimum atomic E-state index is 0.129. The number of aryl methyl sites for hydroxylation is 1. The van der Waals surface area contributed by atoms with Gasteiger partial charge in [-0.25, -0.2) is 4.98 Å². The molecule has 1 aliphatic carbocycles. The van der Waals surface area contributed by atoms with Crippen molar-refractivity contribution in [3.63, 3.8) is 0 Å². The third-order valence-electron chi connectivity index (χ3n) is 4.67. The van der Waals surface area contributed by atoms with Crippen molar-refractivity contribution in [3.8, 4) is 0 Å². The number of nitrogens with zero attached hydrogens (tertiary/aromatic N) is 4. The summed E-state index contributed by atoms with van der Waals surface area (Å²) in [5.41, 5.74) is 0.918. The van der Waals surface area contributed by atoms with E-state index in [0.717, 1.165) is 36.7 Å². The quantitative estimate of drug-likeness (QED) is 0.918. The van der Waals surface area contributed by atoms with E-state index in [9.17, 15) is 0 Å². The number of hydrogen-bond acceptors (Lipinski definition) is 5. The molecule has 1 saturated heterocycles. The molecule has 1 aliphatic heterocycles. The van der Waals surface area contributed by atoms with Gasteiger partial charge in [-0.15, -0.1) is 14.8 Å². The average molecular weight is 287 g/mol. The zero-order chi connectivity index (χ0) is 14.3. The van der Waals surface area contributed by atoms with Gasteiger partial charge in [0.05, 0.1) is 5.60 Å². The van der Waals surface area contributed by atoms with Crippen LogP contribution in [0.15, 0.2) is 12.1 Å². The Morgan fingerprint density at radius 2 is 2.14 bits per heavy atom. The fourth-order valence-electron chi connectivity index (χ4n) is 3.69. The van der Waals surface area contributed by atoms with E-state index in [1.54, 1.807) is 4.63 Å². The number of hydrogen-bond donors (Lipinski definition) is 1. The van der Waals surface area contributed by atoms with E-state index in [1.165, 1.54) is 25.7 Å². The number of ether oxygens (including phenoxy) is 1. The van der Waals surface area contributed by atoms with Crippen LogP contribution in [0.2, 0.25) is 0 Å².